The zero-order valence-electron chi connectivity index (χ0n) is 13.6. The number of benzene rings is 1. The number of ether oxygens (including phenoxy) is 1. The van der Waals surface area contributed by atoms with Crippen molar-refractivity contribution in [3.8, 4) is 0 Å². The highest BCUT2D eigenvalue weighted by Gasteiger charge is 2.33. The second-order valence-electron chi connectivity index (χ2n) is 6.00. The zero-order valence-corrected chi connectivity index (χ0v) is 13.6. The van der Waals surface area contributed by atoms with E-state index in [1.807, 2.05) is 20.8 Å². The first-order chi connectivity index (χ1) is 10.9. The second-order valence-corrected chi connectivity index (χ2v) is 6.00. The van der Waals surface area contributed by atoms with Gasteiger partial charge in [-0.25, -0.2) is 4.39 Å². The zero-order chi connectivity index (χ0) is 17.0. The highest BCUT2D eigenvalue weighted by atomic mass is 19.1. The van der Waals surface area contributed by atoms with Gasteiger partial charge in [0.25, 0.3) is 11.8 Å². The number of halogens is 1. The van der Waals surface area contributed by atoms with E-state index in [2.05, 4.69) is 10.9 Å². The molecule has 126 valence electrons. The smallest absolute Gasteiger partial charge is 0.296 e. The Balaban J connectivity index is 1.86. The van der Waals surface area contributed by atoms with Crippen LogP contribution in [-0.4, -0.2) is 43.2 Å². The first kappa shape index (κ1) is 17.4. The number of hydrogen-bond donors (Lipinski definition) is 3. The highest BCUT2D eigenvalue weighted by molar-refractivity contribution is 5.95. The Hall–Kier alpha value is -1.99. The van der Waals surface area contributed by atoms with Crippen LogP contribution in [0.2, 0.25) is 0 Å². The molecular weight excluding hydrogens is 301 g/mol. The molecule has 0 spiro atoms. The van der Waals surface area contributed by atoms with Crippen molar-refractivity contribution in [3.63, 3.8) is 0 Å². The summed E-state index contributed by atoms with van der Waals surface area (Å²) in [6.45, 7) is 7.27. The van der Waals surface area contributed by atoms with Crippen LogP contribution in [0.3, 0.4) is 0 Å². The molecule has 2 rings (SSSR count). The van der Waals surface area contributed by atoms with Crippen LogP contribution in [0.15, 0.2) is 24.3 Å². The molecule has 7 heteroatoms. The summed E-state index contributed by atoms with van der Waals surface area (Å²) in [6, 6.07) is 4.80. The van der Waals surface area contributed by atoms with Gasteiger partial charge in [0, 0.05) is 5.56 Å². The van der Waals surface area contributed by atoms with E-state index in [9.17, 15) is 14.0 Å². The third-order valence-corrected chi connectivity index (χ3v) is 3.98. The predicted molar refractivity (Wildman–Crippen MR) is 82.2 cm³/mol. The van der Waals surface area contributed by atoms with E-state index in [0.717, 1.165) is 18.0 Å². The van der Waals surface area contributed by atoms with Crippen LogP contribution in [0.4, 0.5) is 4.39 Å². The van der Waals surface area contributed by atoms with E-state index >= 15 is 0 Å². The molecule has 1 aromatic carbocycles. The van der Waals surface area contributed by atoms with Gasteiger partial charge in [0.1, 0.15) is 31.1 Å². The number of rotatable bonds is 3. The van der Waals surface area contributed by atoms with Gasteiger partial charge in [-0.3, -0.25) is 20.4 Å². The molecule has 0 bridgehead atoms. The summed E-state index contributed by atoms with van der Waals surface area (Å²) < 4.78 is 18.5. The molecule has 0 saturated carbocycles. The molecule has 1 saturated heterocycles. The van der Waals surface area contributed by atoms with Gasteiger partial charge in [0.15, 0.2) is 6.04 Å². The number of carbonyl (C=O) groups is 2. The summed E-state index contributed by atoms with van der Waals surface area (Å²) in [5, 5.41) is 0. The van der Waals surface area contributed by atoms with Gasteiger partial charge < -0.3 is 9.64 Å². The molecule has 1 aromatic rings. The minimum absolute atomic E-state index is 0.0952. The van der Waals surface area contributed by atoms with Gasteiger partial charge in [0.05, 0.1) is 0 Å². The second kappa shape index (κ2) is 7.52. The van der Waals surface area contributed by atoms with Gasteiger partial charge >= 0.3 is 0 Å². The first-order valence-corrected chi connectivity index (χ1v) is 7.72. The maximum atomic E-state index is 12.8. The van der Waals surface area contributed by atoms with Crippen molar-refractivity contribution >= 4 is 11.8 Å². The van der Waals surface area contributed by atoms with E-state index < -0.39 is 11.7 Å². The maximum Gasteiger partial charge on any atom is 0.296 e. The number of nitrogens with one attached hydrogen (secondary N) is 3. The molecule has 1 unspecified atom stereocenters. The molecule has 0 radical (unpaired) electrons. The lowest BCUT2D eigenvalue weighted by Gasteiger charge is -2.35. The molecule has 1 heterocycles. The number of morpholine rings is 1. The Bertz CT molecular complexity index is 554. The average Bonchev–Trinajstić information content (AvgIpc) is 2.51. The fourth-order valence-electron chi connectivity index (χ4n) is 2.75. The molecule has 2 amide bonds. The minimum Gasteiger partial charge on any atom is -0.364 e. The van der Waals surface area contributed by atoms with E-state index in [4.69, 9.17) is 4.74 Å². The third kappa shape index (κ3) is 4.74. The summed E-state index contributed by atoms with van der Waals surface area (Å²) in [5.74, 6) is -1.17. The van der Waals surface area contributed by atoms with Gasteiger partial charge in [-0.15, -0.1) is 0 Å². The van der Waals surface area contributed by atoms with Crippen molar-refractivity contribution in [2.75, 3.05) is 13.1 Å². The van der Waals surface area contributed by atoms with Crippen LogP contribution >= 0.6 is 0 Å². The lowest BCUT2D eigenvalue weighted by atomic mass is 10.1. The summed E-state index contributed by atoms with van der Waals surface area (Å²) in [4.78, 5) is 25.2. The molecule has 3 N–H and O–H groups in total. The number of quaternary nitrogens is 1. The van der Waals surface area contributed by atoms with E-state index in [-0.39, 0.29) is 29.7 Å². The first-order valence-electron chi connectivity index (χ1n) is 7.72. The number of amides is 2. The summed E-state index contributed by atoms with van der Waals surface area (Å²) in [7, 11) is 0. The Morgan fingerprint density at radius 2 is 1.74 bits per heavy atom. The molecule has 1 aliphatic rings. The number of carbonyl (C=O) groups excluding carboxylic acids is 2. The van der Waals surface area contributed by atoms with Crippen LogP contribution < -0.4 is 15.8 Å². The number of hydrazine groups is 1. The third-order valence-electron chi connectivity index (χ3n) is 3.98. The lowest BCUT2D eigenvalue weighted by molar-refractivity contribution is -0.928. The van der Waals surface area contributed by atoms with Crippen molar-refractivity contribution in [2.45, 2.75) is 39.0 Å². The molecule has 0 aliphatic carbocycles. The topological polar surface area (TPSA) is 71.9 Å². The fourth-order valence-corrected chi connectivity index (χ4v) is 2.75. The molecular formula is C16H23FN3O3+. The van der Waals surface area contributed by atoms with E-state index in [0.29, 0.717) is 0 Å². The Morgan fingerprint density at radius 1 is 1.17 bits per heavy atom. The Kier molecular flexibility index (Phi) is 5.68. The molecule has 6 nitrogen and oxygen atoms in total. The largest absolute Gasteiger partial charge is 0.364 e. The highest BCUT2D eigenvalue weighted by Crippen LogP contribution is 2.02. The molecule has 1 fully saturated rings. The molecule has 1 aliphatic heterocycles. The van der Waals surface area contributed by atoms with E-state index in [1.165, 1.54) is 24.3 Å². The van der Waals surface area contributed by atoms with Crippen molar-refractivity contribution in [2.24, 2.45) is 0 Å². The van der Waals surface area contributed by atoms with Crippen molar-refractivity contribution in [3.05, 3.63) is 35.6 Å². The van der Waals surface area contributed by atoms with Crippen LogP contribution in [0.5, 0.6) is 0 Å². The quantitative estimate of drug-likeness (QED) is 0.667. The van der Waals surface area contributed by atoms with Gasteiger partial charge in [-0.05, 0) is 45.0 Å². The average molecular weight is 324 g/mol. The minimum atomic E-state index is -0.482. The van der Waals surface area contributed by atoms with Crippen LogP contribution in [0.1, 0.15) is 31.1 Å². The van der Waals surface area contributed by atoms with E-state index in [1.54, 1.807) is 0 Å². The van der Waals surface area contributed by atoms with Crippen molar-refractivity contribution in [1.29, 1.82) is 0 Å². The van der Waals surface area contributed by atoms with Gasteiger partial charge in [-0.2, -0.15) is 0 Å². The normalized spacial score (nSPS) is 25.5. The van der Waals surface area contributed by atoms with Crippen molar-refractivity contribution < 1.29 is 23.6 Å². The lowest BCUT2D eigenvalue weighted by Crippen LogP contribution is -3.19. The van der Waals surface area contributed by atoms with Crippen LogP contribution in [0, 0.1) is 5.82 Å². The Labute approximate surface area is 135 Å². The summed E-state index contributed by atoms with van der Waals surface area (Å²) >= 11 is 0. The number of hydrogen-bond acceptors (Lipinski definition) is 3. The predicted octanol–water partition coefficient (Wildman–Crippen LogP) is -0.333. The fraction of sp³-hybridized carbons (Fsp3) is 0.500. The maximum absolute atomic E-state index is 12.8. The molecule has 23 heavy (non-hydrogen) atoms. The van der Waals surface area contributed by atoms with Gasteiger partial charge in [-0.1, -0.05) is 0 Å². The van der Waals surface area contributed by atoms with Gasteiger partial charge in [0.2, 0.25) is 0 Å². The van der Waals surface area contributed by atoms with Crippen molar-refractivity contribution in [1.82, 2.24) is 10.9 Å². The Morgan fingerprint density at radius 3 is 2.30 bits per heavy atom. The summed E-state index contributed by atoms with van der Waals surface area (Å²) in [5.41, 5.74) is 5.06. The SMILES string of the molecule is C[C@@H]1C[NH+]([C@@H](C)C(=O)NNC(=O)c2ccc(F)cc2)C[C@H](C)O1. The molecule has 0 aromatic heterocycles. The monoisotopic (exact) mass is 324 g/mol. The van der Waals surface area contributed by atoms with Crippen LogP contribution in [0.25, 0.3) is 0 Å². The standard InChI is InChI=1S/C16H22FN3O3/c1-10-8-20(9-11(2)23-10)12(3)15(21)18-19-16(22)13-4-6-14(17)7-5-13/h4-7,10-12H,8-9H2,1-3H3,(H,18,21)(H,19,22)/p+1/t10-,11+,12-/m0/s1. The summed E-state index contributed by atoms with van der Waals surface area (Å²) in [6.07, 6.45) is 0.190. The van der Waals surface area contributed by atoms with Crippen LogP contribution in [-0.2, 0) is 9.53 Å². The molecule has 4 atom stereocenters.